The van der Waals surface area contributed by atoms with E-state index < -0.39 is 15.1 Å². The van der Waals surface area contributed by atoms with Gasteiger partial charge in [-0.15, -0.1) is 0 Å². The molecule has 2 atom stereocenters. The standard InChI is InChI=1S/C20H19BrClNO3S/c21-13-6-9-19(22)18(10-13)20(24)23-14-7-8-15(23)12-17(11-14)27(25,26)16-4-2-1-3-5-16/h1-6,9-10,14-15,17H,7-8,11-12H2. The van der Waals surface area contributed by atoms with Crippen molar-refractivity contribution in [1.82, 2.24) is 4.90 Å². The van der Waals surface area contributed by atoms with Gasteiger partial charge >= 0.3 is 0 Å². The van der Waals surface area contributed by atoms with E-state index in [0.29, 0.717) is 28.3 Å². The molecular formula is C20H19BrClNO3S. The minimum Gasteiger partial charge on any atom is -0.333 e. The summed E-state index contributed by atoms with van der Waals surface area (Å²) in [5.74, 6) is -0.107. The molecule has 4 rings (SSSR count). The zero-order valence-corrected chi connectivity index (χ0v) is 17.7. The van der Waals surface area contributed by atoms with Crippen LogP contribution in [0.3, 0.4) is 0 Å². The highest BCUT2D eigenvalue weighted by molar-refractivity contribution is 9.10. The van der Waals surface area contributed by atoms with Crippen LogP contribution in [-0.2, 0) is 9.84 Å². The van der Waals surface area contributed by atoms with Gasteiger partial charge in [0.15, 0.2) is 9.84 Å². The number of fused-ring (bicyclic) bond motifs is 2. The van der Waals surface area contributed by atoms with Crippen LogP contribution in [-0.4, -0.2) is 36.6 Å². The number of benzene rings is 2. The Kier molecular flexibility index (Phi) is 5.08. The Balaban J connectivity index is 1.59. The smallest absolute Gasteiger partial charge is 0.255 e. The summed E-state index contributed by atoms with van der Waals surface area (Å²) in [4.78, 5) is 15.4. The van der Waals surface area contributed by atoms with E-state index in [4.69, 9.17) is 11.6 Å². The van der Waals surface area contributed by atoms with Crippen molar-refractivity contribution < 1.29 is 13.2 Å². The predicted octanol–water partition coefficient (Wildman–Crippen LogP) is 4.71. The van der Waals surface area contributed by atoms with Crippen LogP contribution in [0.1, 0.15) is 36.0 Å². The van der Waals surface area contributed by atoms with Gasteiger partial charge in [0.1, 0.15) is 0 Å². The summed E-state index contributed by atoms with van der Waals surface area (Å²) in [7, 11) is -3.39. The van der Waals surface area contributed by atoms with E-state index in [1.807, 2.05) is 11.0 Å². The Bertz CT molecular complexity index is 966. The molecule has 2 bridgehead atoms. The lowest BCUT2D eigenvalue weighted by molar-refractivity contribution is 0.0598. The van der Waals surface area contributed by atoms with E-state index >= 15 is 0 Å². The minimum atomic E-state index is -3.39. The highest BCUT2D eigenvalue weighted by Gasteiger charge is 2.47. The number of halogens is 2. The van der Waals surface area contributed by atoms with Gasteiger partial charge in [-0.1, -0.05) is 45.7 Å². The second kappa shape index (κ2) is 7.22. The van der Waals surface area contributed by atoms with Gasteiger partial charge in [-0.05, 0) is 56.0 Å². The van der Waals surface area contributed by atoms with E-state index in [0.717, 1.165) is 17.3 Å². The molecule has 4 nitrogen and oxygen atoms in total. The highest BCUT2D eigenvalue weighted by Crippen LogP contribution is 2.41. The van der Waals surface area contributed by atoms with Crippen molar-refractivity contribution in [3.8, 4) is 0 Å². The molecule has 2 fully saturated rings. The summed E-state index contributed by atoms with van der Waals surface area (Å²) in [6.45, 7) is 0. The summed E-state index contributed by atoms with van der Waals surface area (Å²) < 4.78 is 26.8. The molecule has 2 unspecified atom stereocenters. The van der Waals surface area contributed by atoms with Crippen molar-refractivity contribution >= 4 is 43.3 Å². The summed E-state index contributed by atoms with van der Waals surface area (Å²) in [5, 5.41) is -0.0268. The lowest BCUT2D eigenvalue weighted by Gasteiger charge is -2.39. The number of amides is 1. The van der Waals surface area contributed by atoms with Gasteiger partial charge in [0, 0.05) is 16.6 Å². The average molecular weight is 469 g/mol. The van der Waals surface area contributed by atoms with Gasteiger partial charge in [0.05, 0.1) is 20.7 Å². The van der Waals surface area contributed by atoms with Gasteiger partial charge in [0.25, 0.3) is 5.91 Å². The minimum absolute atomic E-state index is 0.0604. The van der Waals surface area contributed by atoms with E-state index in [2.05, 4.69) is 15.9 Å². The maximum atomic E-state index is 13.1. The largest absolute Gasteiger partial charge is 0.333 e. The maximum absolute atomic E-state index is 13.1. The molecule has 0 saturated carbocycles. The first kappa shape index (κ1) is 19.0. The Morgan fingerprint density at radius 2 is 1.67 bits per heavy atom. The van der Waals surface area contributed by atoms with Crippen LogP contribution < -0.4 is 0 Å². The summed E-state index contributed by atoms with van der Waals surface area (Å²) in [6, 6.07) is 13.7. The first-order chi connectivity index (χ1) is 12.9. The summed E-state index contributed by atoms with van der Waals surface area (Å²) in [6.07, 6.45) is 2.63. The molecule has 2 heterocycles. The number of carbonyl (C=O) groups is 1. The van der Waals surface area contributed by atoms with E-state index in [1.165, 1.54) is 0 Å². The topological polar surface area (TPSA) is 54.5 Å². The average Bonchev–Trinajstić information content (AvgIpc) is 2.93. The van der Waals surface area contributed by atoms with Crippen LogP contribution in [0.4, 0.5) is 0 Å². The molecule has 1 amide bonds. The van der Waals surface area contributed by atoms with Crippen LogP contribution >= 0.6 is 27.5 Å². The van der Waals surface area contributed by atoms with E-state index in [9.17, 15) is 13.2 Å². The monoisotopic (exact) mass is 467 g/mol. The quantitative estimate of drug-likeness (QED) is 0.655. The molecule has 0 spiro atoms. The van der Waals surface area contributed by atoms with Crippen LogP contribution in [0.2, 0.25) is 5.02 Å². The molecule has 0 radical (unpaired) electrons. The number of sulfone groups is 1. The van der Waals surface area contributed by atoms with Gasteiger partial charge < -0.3 is 4.90 Å². The third-order valence-corrected chi connectivity index (χ3v) is 8.61. The number of hydrogen-bond donors (Lipinski definition) is 0. The van der Waals surface area contributed by atoms with Crippen molar-refractivity contribution in [2.24, 2.45) is 0 Å². The zero-order valence-electron chi connectivity index (χ0n) is 14.5. The number of rotatable bonds is 3. The van der Waals surface area contributed by atoms with Gasteiger partial charge in [-0.2, -0.15) is 0 Å². The van der Waals surface area contributed by atoms with Crippen LogP contribution in [0.25, 0.3) is 0 Å². The first-order valence-electron chi connectivity index (χ1n) is 8.94. The molecule has 0 aliphatic carbocycles. The second-order valence-corrected chi connectivity index (χ2v) is 10.7. The van der Waals surface area contributed by atoms with Crippen molar-refractivity contribution in [1.29, 1.82) is 0 Å². The van der Waals surface area contributed by atoms with Gasteiger partial charge in [0.2, 0.25) is 0 Å². The Labute approximate surface area is 172 Å². The predicted molar refractivity (Wildman–Crippen MR) is 109 cm³/mol. The van der Waals surface area contributed by atoms with E-state index in [1.54, 1.807) is 42.5 Å². The Hall–Kier alpha value is -1.37. The molecule has 2 saturated heterocycles. The number of nitrogens with zero attached hydrogens (tertiary/aromatic N) is 1. The highest BCUT2D eigenvalue weighted by atomic mass is 79.9. The fourth-order valence-corrected chi connectivity index (χ4v) is 6.75. The first-order valence-corrected chi connectivity index (χ1v) is 11.7. The third kappa shape index (κ3) is 3.43. The van der Waals surface area contributed by atoms with Crippen LogP contribution in [0.5, 0.6) is 0 Å². The number of carbonyl (C=O) groups excluding carboxylic acids is 1. The molecule has 2 aliphatic heterocycles. The fourth-order valence-electron chi connectivity index (χ4n) is 4.32. The van der Waals surface area contributed by atoms with E-state index in [-0.39, 0.29) is 18.0 Å². The lowest BCUT2D eigenvalue weighted by Crippen LogP contribution is -2.49. The summed E-state index contributed by atoms with van der Waals surface area (Å²) in [5.41, 5.74) is 0.465. The van der Waals surface area contributed by atoms with Crippen molar-refractivity contribution in [3.63, 3.8) is 0 Å². The van der Waals surface area contributed by atoms with Gasteiger partial charge in [-0.25, -0.2) is 8.42 Å². The van der Waals surface area contributed by atoms with Crippen molar-refractivity contribution in [2.75, 3.05) is 0 Å². The molecule has 0 N–H and O–H groups in total. The zero-order chi connectivity index (χ0) is 19.2. The van der Waals surface area contributed by atoms with Crippen molar-refractivity contribution in [3.05, 3.63) is 63.6 Å². The molecule has 7 heteroatoms. The molecule has 142 valence electrons. The lowest BCUT2D eigenvalue weighted by atomic mass is 10.0. The molecular weight excluding hydrogens is 450 g/mol. The third-order valence-electron chi connectivity index (χ3n) is 5.59. The molecule has 2 aromatic carbocycles. The van der Waals surface area contributed by atoms with Crippen LogP contribution in [0, 0.1) is 0 Å². The van der Waals surface area contributed by atoms with Crippen molar-refractivity contribution in [2.45, 2.75) is 47.9 Å². The molecule has 0 aromatic heterocycles. The van der Waals surface area contributed by atoms with Crippen LogP contribution in [0.15, 0.2) is 57.9 Å². The normalized spacial score (nSPS) is 24.8. The Morgan fingerprint density at radius 1 is 1.04 bits per heavy atom. The Morgan fingerprint density at radius 3 is 2.30 bits per heavy atom. The molecule has 2 aromatic rings. The number of piperidine rings is 1. The number of hydrogen-bond acceptors (Lipinski definition) is 3. The SMILES string of the molecule is O=C(c1cc(Br)ccc1Cl)N1C2CCC1CC(S(=O)(=O)c1ccccc1)C2. The summed E-state index contributed by atoms with van der Waals surface area (Å²) >= 11 is 9.63. The second-order valence-electron chi connectivity index (χ2n) is 7.17. The fraction of sp³-hybridized carbons (Fsp3) is 0.350. The molecule has 2 aliphatic rings. The molecule has 27 heavy (non-hydrogen) atoms. The maximum Gasteiger partial charge on any atom is 0.255 e. The van der Waals surface area contributed by atoms with Gasteiger partial charge in [-0.3, -0.25) is 4.79 Å².